The van der Waals surface area contributed by atoms with Gasteiger partial charge in [-0.2, -0.15) is 0 Å². The van der Waals surface area contributed by atoms with Crippen LogP contribution < -0.4 is 0 Å². The van der Waals surface area contributed by atoms with Crippen molar-refractivity contribution >= 4 is 11.9 Å². The maximum absolute atomic E-state index is 11.7. The van der Waals surface area contributed by atoms with Crippen LogP contribution in [0.3, 0.4) is 0 Å². The van der Waals surface area contributed by atoms with Crippen molar-refractivity contribution < 1.29 is 19.1 Å². The number of ether oxygens (including phenoxy) is 2. The number of hydrogen-bond acceptors (Lipinski definition) is 4. The molecule has 3 fully saturated rings. The van der Waals surface area contributed by atoms with Crippen LogP contribution in [0.4, 0.5) is 0 Å². The Balaban J connectivity index is 1.64. The van der Waals surface area contributed by atoms with E-state index in [1.807, 2.05) is 0 Å². The fourth-order valence-electron chi connectivity index (χ4n) is 7.44. The van der Waals surface area contributed by atoms with Crippen molar-refractivity contribution in [1.82, 2.24) is 0 Å². The van der Waals surface area contributed by atoms with Crippen LogP contribution >= 0.6 is 0 Å². The summed E-state index contributed by atoms with van der Waals surface area (Å²) in [4.78, 5) is 23.5. The van der Waals surface area contributed by atoms with Crippen molar-refractivity contribution in [3.05, 3.63) is 12.2 Å². The van der Waals surface area contributed by atoms with Gasteiger partial charge in [-0.05, 0) is 74.0 Å². The molecule has 150 valence electrons. The number of hydrogen-bond donors (Lipinski definition) is 0. The molecule has 0 aromatic carbocycles. The van der Waals surface area contributed by atoms with E-state index < -0.39 is 6.29 Å². The highest BCUT2D eigenvalue weighted by atomic mass is 16.7. The zero-order valence-corrected chi connectivity index (χ0v) is 17.0. The van der Waals surface area contributed by atoms with Gasteiger partial charge in [0, 0.05) is 13.8 Å². The van der Waals surface area contributed by atoms with Crippen molar-refractivity contribution in [2.75, 3.05) is 0 Å². The number of fused-ring (bicyclic) bond motifs is 5. The maximum atomic E-state index is 11.7. The molecule has 4 aliphatic carbocycles. The summed E-state index contributed by atoms with van der Waals surface area (Å²) in [5, 5.41) is 0. The third-order valence-corrected chi connectivity index (χ3v) is 8.56. The molecule has 6 unspecified atom stereocenters. The van der Waals surface area contributed by atoms with E-state index in [2.05, 4.69) is 19.1 Å². The fourth-order valence-corrected chi connectivity index (χ4v) is 7.44. The van der Waals surface area contributed by atoms with Crippen molar-refractivity contribution in [3.8, 4) is 0 Å². The second kappa shape index (κ2) is 6.93. The minimum absolute atomic E-state index is 0.337. The van der Waals surface area contributed by atoms with Gasteiger partial charge in [0.25, 0.3) is 6.29 Å². The summed E-state index contributed by atoms with van der Waals surface area (Å²) in [6.45, 7) is 5.36. The van der Waals surface area contributed by atoms with Crippen LogP contribution in [-0.2, 0) is 19.1 Å². The Morgan fingerprint density at radius 1 is 0.963 bits per heavy atom. The predicted octanol–water partition coefficient (Wildman–Crippen LogP) is 5.02. The van der Waals surface area contributed by atoms with Gasteiger partial charge in [0.1, 0.15) is 0 Å². The smallest absolute Gasteiger partial charge is 0.305 e. The molecule has 0 radical (unpaired) electrons. The Morgan fingerprint density at radius 3 is 2.41 bits per heavy atom. The predicted molar refractivity (Wildman–Crippen MR) is 103 cm³/mol. The van der Waals surface area contributed by atoms with Crippen molar-refractivity contribution in [3.63, 3.8) is 0 Å². The number of rotatable bonds is 3. The summed E-state index contributed by atoms with van der Waals surface area (Å²) in [5.41, 5.74) is 0.130. The molecule has 4 nitrogen and oxygen atoms in total. The van der Waals surface area contributed by atoms with Crippen LogP contribution in [-0.4, -0.2) is 18.2 Å². The molecule has 0 heterocycles. The van der Waals surface area contributed by atoms with E-state index in [0.29, 0.717) is 17.3 Å². The van der Waals surface area contributed by atoms with Gasteiger partial charge in [-0.25, -0.2) is 0 Å². The Kier molecular flexibility index (Phi) is 4.88. The van der Waals surface area contributed by atoms with Gasteiger partial charge in [-0.1, -0.05) is 31.9 Å². The average molecular weight is 375 g/mol. The summed E-state index contributed by atoms with van der Waals surface area (Å²) in [6, 6.07) is 0. The minimum Gasteiger partial charge on any atom is -0.424 e. The Morgan fingerprint density at radius 2 is 1.70 bits per heavy atom. The van der Waals surface area contributed by atoms with E-state index in [0.717, 1.165) is 31.1 Å². The Labute approximate surface area is 163 Å². The molecule has 0 bridgehead atoms. The number of esters is 2. The minimum atomic E-state index is -0.783. The van der Waals surface area contributed by atoms with Crippen LogP contribution in [0.5, 0.6) is 0 Å². The molecule has 0 amide bonds. The van der Waals surface area contributed by atoms with Crippen LogP contribution in [0.1, 0.15) is 78.6 Å². The zero-order chi connectivity index (χ0) is 19.2. The van der Waals surface area contributed by atoms with Crippen LogP contribution in [0, 0.1) is 34.5 Å². The number of allylic oxidation sites excluding steroid dienone is 1. The van der Waals surface area contributed by atoms with Gasteiger partial charge in [0.05, 0.1) is 5.41 Å². The summed E-state index contributed by atoms with van der Waals surface area (Å²) in [7, 11) is 0. The highest BCUT2D eigenvalue weighted by Gasteiger charge is 2.61. The maximum Gasteiger partial charge on any atom is 0.305 e. The third-order valence-electron chi connectivity index (χ3n) is 8.56. The van der Waals surface area contributed by atoms with Crippen LogP contribution in [0.15, 0.2) is 12.2 Å². The summed E-state index contributed by atoms with van der Waals surface area (Å²) >= 11 is 0. The molecule has 27 heavy (non-hydrogen) atoms. The largest absolute Gasteiger partial charge is 0.424 e. The number of carbonyl (C=O) groups is 2. The van der Waals surface area contributed by atoms with Crippen molar-refractivity contribution in [2.45, 2.75) is 84.8 Å². The quantitative estimate of drug-likeness (QED) is 0.395. The molecule has 4 aliphatic rings. The van der Waals surface area contributed by atoms with Gasteiger partial charge >= 0.3 is 11.9 Å². The number of carbonyl (C=O) groups excluding carboxylic acids is 2. The van der Waals surface area contributed by atoms with E-state index >= 15 is 0 Å². The third kappa shape index (κ3) is 3.03. The highest BCUT2D eigenvalue weighted by Crippen LogP contribution is 2.66. The molecule has 4 heteroatoms. The summed E-state index contributed by atoms with van der Waals surface area (Å²) < 4.78 is 11.2. The second-order valence-corrected chi connectivity index (χ2v) is 9.74. The van der Waals surface area contributed by atoms with Crippen LogP contribution in [0.2, 0.25) is 0 Å². The fraction of sp³-hybridized carbons (Fsp3) is 0.826. The lowest BCUT2D eigenvalue weighted by Crippen LogP contribution is -2.56. The Hall–Kier alpha value is -1.32. The molecule has 0 aromatic rings. The molecule has 6 atom stereocenters. The molecule has 3 saturated carbocycles. The van der Waals surface area contributed by atoms with Gasteiger partial charge < -0.3 is 9.47 Å². The van der Waals surface area contributed by atoms with E-state index in [4.69, 9.17) is 9.47 Å². The first-order valence-electron chi connectivity index (χ1n) is 10.9. The molecular formula is C23H34O4. The molecule has 0 N–H and O–H groups in total. The summed E-state index contributed by atoms with van der Waals surface area (Å²) in [5.74, 6) is 1.94. The lowest BCUT2D eigenvalue weighted by molar-refractivity contribution is -0.226. The lowest BCUT2D eigenvalue weighted by atomic mass is 9.45. The van der Waals surface area contributed by atoms with E-state index in [9.17, 15) is 9.59 Å². The molecular weight excluding hydrogens is 340 g/mol. The molecule has 0 aliphatic heterocycles. The van der Waals surface area contributed by atoms with Crippen molar-refractivity contribution in [1.29, 1.82) is 0 Å². The van der Waals surface area contributed by atoms with E-state index in [1.54, 1.807) is 0 Å². The van der Waals surface area contributed by atoms with Gasteiger partial charge in [-0.15, -0.1) is 0 Å². The average Bonchev–Trinajstić information content (AvgIpc) is 3.05. The Bertz CT molecular complexity index is 624. The normalized spacial score (nSPS) is 42.8. The SMILES string of the molecule is CC(=O)OC(OC(C)=O)C12C=CCC1C1CCC3CCCCC3(C)C1CC2. The first-order chi connectivity index (χ1) is 12.9. The van der Waals surface area contributed by atoms with E-state index in [1.165, 1.54) is 52.4 Å². The molecule has 0 aromatic heterocycles. The van der Waals surface area contributed by atoms with Gasteiger partial charge in [0.2, 0.25) is 0 Å². The lowest BCUT2D eigenvalue weighted by Gasteiger charge is -2.60. The molecule has 0 saturated heterocycles. The highest BCUT2D eigenvalue weighted by molar-refractivity contribution is 5.68. The van der Waals surface area contributed by atoms with Crippen LogP contribution in [0.25, 0.3) is 0 Å². The summed E-state index contributed by atoms with van der Waals surface area (Å²) in [6.07, 6.45) is 14.9. The van der Waals surface area contributed by atoms with E-state index in [-0.39, 0.29) is 17.4 Å². The van der Waals surface area contributed by atoms with Crippen molar-refractivity contribution in [2.24, 2.45) is 34.5 Å². The first kappa shape index (κ1) is 19.0. The van der Waals surface area contributed by atoms with Gasteiger partial charge in [-0.3, -0.25) is 9.59 Å². The van der Waals surface area contributed by atoms with Gasteiger partial charge in [0.15, 0.2) is 0 Å². The second-order valence-electron chi connectivity index (χ2n) is 9.74. The standard InChI is InChI=1S/C23H34O4/c1-15(24)26-21(27-16(2)25)23-13-6-8-20(23)18-10-9-17-7-4-5-12-22(17,3)19(18)11-14-23/h6,13,17-21H,4-5,7-12,14H2,1-3H3. The first-order valence-corrected chi connectivity index (χ1v) is 10.9. The molecule has 0 spiro atoms. The topological polar surface area (TPSA) is 52.6 Å². The monoisotopic (exact) mass is 374 g/mol. The zero-order valence-electron chi connectivity index (χ0n) is 17.0. The molecule has 4 rings (SSSR count).